The normalized spacial score (nSPS) is 15.0. The number of halogens is 4. The van der Waals surface area contributed by atoms with E-state index in [4.69, 9.17) is 23.1 Å². The molecule has 0 saturated heterocycles. The molecular weight excluding hydrogens is 629 g/mol. The number of unbranched alkanes of at least 4 members (excludes halogenated alkanes) is 2. The molecule has 260 valence electrons. The Bertz CT molecular complexity index is 1090. The van der Waals surface area contributed by atoms with Crippen molar-refractivity contribution in [1.29, 1.82) is 0 Å². The average molecular weight is 677 g/mol. The third-order valence-corrected chi connectivity index (χ3v) is 8.09. The molecule has 2 atom stereocenters. The third kappa shape index (κ3) is 15.5. The Balaban J connectivity index is 1.91. The van der Waals surface area contributed by atoms with E-state index in [0.29, 0.717) is 31.3 Å². The van der Waals surface area contributed by atoms with Crippen molar-refractivity contribution < 1.29 is 37.1 Å². The predicted octanol–water partition coefficient (Wildman–Crippen LogP) is 3.19. The molecule has 1 aromatic carbocycles. The molecule has 0 bridgehead atoms. The molecule has 7 N–H and O–H groups in total. The SMILES string of the molecule is NCCN(CCCCCCl)C(=O)CC(N)C(=O)NC(CCC1CCCCC1)C(=O)NCCNC(=O)c1ccc(OC(F)(F)F)cc1. The maximum Gasteiger partial charge on any atom is 0.573 e. The van der Waals surface area contributed by atoms with Gasteiger partial charge in [-0.25, -0.2) is 0 Å². The summed E-state index contributed by atoms with van der Waals surface area (Å²) in [5.74, 6) is -1.36. The van der Waals surface area contributed by atoms with E-state index in [0.717, 1.165) is 63.5 Å². The van der Waals surface area contributed by atoms with E-state index in [1.807, 2.05) is 0 Å². The molecule has 2 rings (SSSR count). The van der Waals surface area contributed by atoms with Crippen LogP contribution in [0.25, 0.3) is 0 Å². The molecule has 2 unspecified atom stereocenters. The second-order valence-electron chi connectivity index (χ2n) is 11.5. The summed E-state index contributed by atoms with van der Waals surface area (Å²) in [6.07, 6.45) is 4.09. The van der Waals surface area contributed by atoms with Gasteiger partial charge >= 0.3 is 6.36 Å². The van der Waals surface area contributed by atoms with Crippen LogP contribution in [0, 0.1) is 5.92 Å². The van der Waals surface area contributed by atoms with Gasteiger partial charge in [-0.1, -0.05) is 38.5 Å². The van der Waals surface area contributed by atoms with E-state index in [9.17, 15) is 32.3 Å². The summed E-state index contributed by atoms with van der Waals surface area (Å²) in [7, 11) is 0. The largest absolute Gasteiger partial charge is 0.573 e. The van der Waals surface area contributed by atoms with Gasteiger partial charge in [0.15, 0.2) is 0 Å². The van der Waals surface area contributed by atoms with Crippen molar-refractivity contribution in [2.75, 3.05) is 38.6 Å². The predicted molar refractivity (Wildman–Crippen MR) is 169 cm³/mol. The number of nitrogens with two attached hydrogens (primary N) is 2. The van der Waals surface area contributed by atoms with E-state index in [1.54, 1.807) is 4.90 Å². The minimum Gasteiger partial charge on any atom is -0.406 e. The lowest BCUT2D eigenvalue weighted by molar-refractivity contribution is -0.274. The second-order valence-corrected chi connectivity index (χ2v) is 11.9. The van der Waals surface area contributed by atoms with Crippen LogP contribution in [0.2, 0.25) is 0 Å². The van der Waals surface area contributed by atoms with Gasteiger partial charge in [0.05, 0.1) is 12.5 Å². The quantitative estimate of drug-likeness (QED) is 0.104. The van der Waals surface area contributed by atoms with Crippen LogP contribution in [-0.2, 0) is 14.4 Å². The average Bonchev–Trinajstić information content (AvgIpc) is 3.02. The first-order valence-corrected chi connectivity index (χ1v) is 16.5. The first kappa shape index (κ1) is 39.1. The maximum absolute atomic E-state index is 13.1. The fourth-order valence-corrected chi connectivity index (χ4v) is 5.51. The smallest absolute Gasteiger partial charge is 0.406 e. The van der Waals surface area contributed by atoms with Crippen molar-refractivity contribution in [3.8, 4) is 5.75 Å². The highest BCUT2D eigenvalue weighted by molar-refractivity contribution is 6.17. The number of carbonyl (C=O) groups excluding carboxylic acids is 4. The van der Waals surface area contributed by atoms with Crippen LogP contribution < -0.4 is 32.2 Å². The number of nitrogens with zero attached hydrogens (tertiary/aromatic N) is 1. The lowest BCUT2D eigenvalue weighted by atomic mass is 9.85. The van der Waals surface area contributed by atoms with Gasteiger partial charge in [0, 0.05) is 44.2 Å². The van der Waals surface area contributed by atoms with E-state index in [-0.39, 0.29) is 37.5 Å². The van der Waals surface area contributed by atoms with Gasteiger partial charge < -0.3 is 37.1 Å². The van der Waals surface area contributed by atoms with E-state index >= 15 is 0 Å². The number of benzene rings is 1. The van der Waals surface area contributed by atoms with Crippen LogP contribution in [0.1, 0.15) is 81.0 Å². The molecule has 0 heterocycles. The fourth-order valence-electron chi connectivity index (χ4n) is 5.32. The minimum atomic E-state index is -4.84. The molecule has 0 radical (unpaired) electrons. The highest BCUT2D eigenvalue weighted by Gasteiger charge is 2.31. The number of amides is 4. The lowest BCUT2D eigenvalue weighted by Gasteiger charge is -2.26. The molecule has 15 heteroatoms. The van der Waals surface area contributed by atoms with Gasteiger partial charge in [0.1, 0.15) is 11.8 Å². The van der Waals surface area contributed by atoms with Gasteiger partial charge in [-0.15, -0.1) is 24.8 Å². The molecule has 4 amide bonds. The van der Waals surface area contributed by atoms with Gasteiger partial charge in [-0.3, -0.25) is 19.2 Å². The van der Waals surface area contributed by atoms with Crippen molar-refractivity contribution in [2.45, 2.75) is 89.1 Å². The van der Waals surface area contributed by atoms with Crippen LogP contribution in [0.4, 0.5) is 13.2 Å². The zero-order valence-electron chi connectivity index (χ0n) is 26.2. The summed E-state index contributed by atoms with van der Waals surface area (Å²) >= 11 is 5.73. The first-order chi connectivity index (χ1) is 21.9. The van der Waals surface area contributed by atoms with Gasteiger partial charge in [0.2, 0.25) is 17.7 Å². The molecule has 0 aliphatic heterocycles. The number of rotatable bonds is 20. The van der Waals surface area contributed by atoms with Crippen LogP contribution >= 0.6 is 11.6 Å². The molecule has 0 aromatic heterocycles. The Morgan fingerprint density at radius 1 is 0.957 bits per heavy atom. The number of hydrogen-bond donors (Lipinski definition) is 5. The Labute approximate surface area is 273 Å². The number of carbonyl (C=O) groups is 4. The maximum atomic E-state index is 13.1. The molecule has 1 aliphatic rings. The third-order valence-electron chi connectivity index (χ3n) is 7.83. The summed E-state index contributed by atoms with van der Waals surface area (Å²) in [6.45, 7) is 1.18. The minimum absolute atomic E-state index is 0.0323. The standard InChI is InChI=1S/C31H48ClF3N6O5/c32-15-5-2-6-19-41(20-16-36)27(42)21-25(37)29(44)40-26(14-9-22-7-3-1-4-8-22)30(45)39-18-17-38-28(43)23-10-12-24(13-11-23)46-31(33,34)35/h10-13,22,25-26H,1-9,14-21,36-37H2,(H,38,43)(H,39,45)(H,40,44). The van der Waals surface area contributed by atoms with Crippen LogP contribution in [0.3, 0.4) is 0 Å². The van der Waals surface area contributed by atoms with E-state index in [1.165, 1.54) is 18.6 Å². The van der Waals surface area contributed by atoms with Crippen molar-refractivity contribution in [2.24, 2.45) is 17.4 Å². The number of hydrogen-bond acceptors (Lipinski definition) is 7. The van der Waals surface area contributed by atoms with Gasteiger partial charge in [0.25, 0.3) is 5.91 Å². The monoisotopic (exact) mass is 676 g/mol. The molecule has 1 aliphatic carbocycles. The number of ether oxygens (including phenoxy) is 1. The molecule has 11 nitrogen and oxygen atoms in total. The first-order valence-electron chi connectivity index (χ1n) is 15.9. The Kier molecular flexibility index (Phi) is 17.8. The number of nitrogens with one attached hydrogen (secondary N) is 3. The Hall–Kier alpha value is -3.10. The van der Waals surface area contributed by atoms with Crippen molar-refractivity contribution in [3.05, 3.63) is 29.8 Å². The second kappa shape index (κ2) is 20.9. The zero-order valence-corrected chi connectivity index (χ0v) is 27.0. The molecule has 46 heavy (non-hydrogen) atoms. The van der Waals surface area contributed by atoms with E-state index < -0.39 is 41.9 Å². The highest BCUT2D eigenvalue weighted by Crippen LogP contribution is 2.28. The molecule has 1 saturated carbocycles. The van der Waals surface area contributed by atoms with Crippen LogP contribution in [-0.4, -0.2) is 85.6 Å². The summed E-state index contributed by atoms with van der Waals surface area (Å²) in [4.78, 5) is 53.0. The van der Waals surface area contributed by atoms with Crippen LogP contribution in [0.15, 0.2) is 24.3 Å². The van der Waals surface area contributed by atoms with Crippen molar-refractivity contribution >= 4 is 35.2 Å². The summed E-state index contributed by atoms with van der Waals surface area (Å²) < 4.78 is 40.9. The van der Waals surface area contributed by atoms with Crippen LogP contribution in [0.5, 0.6) is 5.75 Å². The Morgan fingerprint density at radius 3 is 2.26 bits per heavy atom. The molecule has 1 aromatic rings. The van der Waals surface area contributed by atoms with E-state index in [2.05, 4.69) is 20.7 Å². The summed E-state index contributed by atoms with van der Waals surface area (Å²) in [6, 6.07) is 2.39. The summed E-state index contributed by atoms with van der Waals surface area (Å²) in [5.41, 5.74) is 11.9. The molecule has 1 fully saturated rings. The lowest BCUT2D eigenvalue weighted by Crippen LogP contribution is -2.53. The number of alkyl halides is 4. The molecular formula is C31H48ClF3N6O5. The Morgan fingerprint density at radius 2 is 1.63 bits per heavy atom. The van der Waals surface area contributed by atoms with Crippen molar-refractivity contribution in [3.63, 3.8) is 0 Å². The molecule has 0 spiro atoms. The highest BCUT2D eigenvalue weighted by atomic mass is 35.5. The van der Waals surface area contributed by atoms with Gasteiger partial charge in [-0.05, 0) is 55.9 Å². The zero-order chi connectivity index (χ0) is 34.0. The fraction of sp³-hybridized carbons (Fsp3) is 0.677. The van der Waals surface area contributed by atoms with Crippen molar-refractivity contribution in [1.82, 2.24) is 20.9 Å². The summed E-state index contributed by atoms with van der Waals surface area (Å²) in [5, 5.41) is 8.02. The van der Waals surface area contributed by atoms with Gasteiger partial charge in [-0.2, -0.15) is 0 Å². The topological polar surface area (TPSA) is 169 Å².